The first-order chi connectivity index (χ1) is 13.5. The van der Waals surface area contributed by atoms with Crippen LogP contribution in [0.1, 0.15) is 0 Å². The Balaban J connectivity index is 1.94. The highest BCUT2D eigenvalue weighted by atomic mass is 79.9. The van der Waals surface area contributed by atoms with Crippen molar-refractivity contribution in [1.82, 2.24) is 0 Å². The molecule has 3 rings (SSSR count). The molecule has 0 spiro atoms. The second-order valence-electron chi connectivity index (χ2n) is 5.69. The van der Waals surface area contributed by atoms with Crippen molar-refractivity contribution in [3.05, 3.63) is 68.9 Å². The molecule has 0 unspecified atom stereocenters. The van der Waals surface area contributed by atoms with Crippen molar-refractivity contribution < 1.29 is 19.1 Å². The van der Waals surface area contributed by atoms with Crippen LogP contribution in [-0.2, 0) is 9.59 Å². The predicted octanol–water partition coefficient (Wildman–Crippen LogP) is 4.59. The van der Waals surface area contributed by atoms with Crippen molar-refractivity contribution in [2.45, 2.75) is 0 Å². The Bertz CT molecular complexity index is 933. The summed E-state index contributed by atoms with van der Waals surface area (Å²) in [6.45, 7) is 0. The fourth-order valence-electron chi connectivity index (χ4n) is 2.63. The topological polar surface area (TPSA) is 76.7 Å². The molecule has 0 aliphatic heterocycles. The summed E-state index contributed by atoms with van der Waals surface area (Å²) in [6, 6.07) is 14.2. The molecule has 0 amide bonds. The zero-order valence-electron chi connectivity index (χ0n) is 15.0. The fourth-order valence-corrected chi connectivity index (χ4v) is 3.59. The van der Waals surface area contributed by atoms with Gasteiger partial charge in [0.05, 0.1) is 34.6 Å². The van der Waals surface area contributed by atoms with E-state index in [9.17, 15) is 9.59 Å². The number of allylic oxidation sites excluding steroid dienone is 2. The number of hydrogen-bond donors (Lipinski definition) is 2. The van der Waals surface area contributed by atoms with Crippen LogP contribution in [0.5, 0.6) is 11.5 Å². The maximum absolute atomic E-state index is 12.9. The molecule has 0 aromatic heterocycles. The number of halogens is 2. The number of methoxy groups -OCH3 is 2. The van der Waals surface area contributed by atoms with E-state index < -0.39 is 0 Å². The molecule has 1 aliphatic carbocycles. The van der Waals surface area contributed by atoms with Gasteiger partial charge in [-0.25, -0.2) is 0 Å². The van der Waals surface area contributed by atoms with Gasteiger partial charge >= 0.3 is 0 Å². The SMILES string of the molecule is COc1ccccc1NC1=C(Br)C(=O)C(Nc2ccccc2OC)=C(Br)C1=O. The number of ketones is 2. The molecule has 0 saturated carbocycles. The van der Waals surface area contributed by atoms with Crippen LogP contribution in [0.25, 0.3) is 0 Å². The summed E-state index contributed by atoms with van der Waals surface area (Å²) >= 11 is 6.52. The zero-order chi connectivity index (χ0) is 20.3. The molecular weight excluding hydrogens is 492 g/mol. The third kappa shape index (κ3) is 3.83. The van der Waals surface area contributed by atoms with Crippen LogP contribution in [0.15, 0.2) is 68.9 Å². The largest absolute Gasteiger partial charge is 0.495 e. The second kappa shape index (κ2) is 8.62. The highest BCUT2D eigenvalue weighted by molar-refractivity contribution is 9.12. The monoisotopic (exact) mass is 506 g/mol. The van der Waals surface area contributed by atoms with Gasteiger partial charge in [0.1, 0.15) is 22.9 Å². The number of carbonyl (C=O) groups excluding carboxylic acids is 2. The van der Waals surface area contributed by atoms with Crippen LogP contribution in [-0.4, -0.2) is 25.8 Å². The maximum Gasteiger partial charge on any atom is 0.219 e. The van der Waals surface area contributed by atoms with Crippen LogP contribution in [0, 0.1) is 0 Å². The number of para-hydroxylation sites is 4. The minimum absolute atomic E-state index is 0.115. The average Bonchev–Trinajstić information content (AvgIpc) is 2.73. The normalized spacial score (nSPS) is 14.3. The molecule has 8 heteroatoms. The van der Waals surface area contributed by atoms with Gasteiger partial charge in [0.15, 0.2) is 0 Å². The lowest BCUT2D eigenvalue weighted by Gasteiger charge is -2.22. The van der Waals surface area contributed by atoms with Gasteiger partial charge in [0.25, 0.3) is 0 Å². The van der Waals surface area contributed by atoms with E-state index in [-0.39, 0.29) is 31.9 Å². The Labute approximate surface area is 178 Å². The van der Waals surface area contributed by atoms with Gasteiger partial charge in [0.2, 0.25) is 11.6 Å². The number of nitrogens with one attached hydrogen (secondary N) is 2. The average molecular weight is 508 g/mol. The Hall–Kier alpha value is -2.58. The zero-order valence-corrected chi connectivity index (χ0v) is 18.2. The van der Waals surface area contributed by atoms with Gasteiger partial charge in [-0.15, -0.1) is 0 Å². The quantitative estimate of drug-likeness (QED) is 0.557. The van der Waals surface area contributed by atoms with Gasteiger partial charge in [-0.05, 0) is 56.1 Å². The Morgan fingerprint density at radius 3 is 1.39 bits per heavy atom. The van der Waals surface area contributed by atoms with Crippen LogP contribution in [0.4, 0.5) is 11.4 Å². The first-order valence-electron chi connectivity index (χ1n) is 8.17. The van der Waals surface area contributed by atoms with Gasteiger partial charge in [0, 0.05) is 0 Å². The summed E-state index contributed by atoms with van der Waals surface area (Å²) in [5.74, 6) is 0.340. The van der Waals surface area contributed by atoms with E-state index in [1.165, 1.54) is 14.2 Å². The number of rotatable bonds is 6. The van der Waals surface area contributed by atoms with E-state index in [0.29, 0.717) is 22.9 Å². The lowest BCUT2D eigenvalue weighted by atomic mass is 10.1. The highest BCUT2D eigenvalue weighted by Gasteiger charge is 2.33. The minimum Gasteiger partial charge on any atom is -0.495 e. The summed E-state index contributed by atoms with van der Waals surface area (Å²) in [5, 5.41) is 5.98. The molecule has 1 aliphatic rings. The number of anilines is 2. The Morgan fingerprint density at radius 1 is 0.679 bits per heavy atom. The summed E-state index contributed by atoms with van der Waals surface area (Å²) < 4.78 is 10.8. The summed E-state index contributed by atoms with van der Waals surface area (Å²) in [6.07, 6.45) is 0. The Morgan fingerprint density at radius 2 is 1.04 bits per heavy atom. The van der Waals surface area contributed by atoms with Crippen molar-refractivity contribution >= 4 is 54.8 Å². The number of hydrogen-bond acceptors (Lipinski definition) is 6. The van der Waals surface area contributed by atoms with Crippen LogP contribution in [0.3, 0.4) is 0 Å². The highest BCUT2D eigenvalue weighted by Crippen LogP contribution is 2.36. The van der Waals surface area contributed by atoms with Crippen molar-refractivity contribution in [2.75, 3.05) is 24.9 Å². The standard InChI is InChI=1S/C20H16Br2N2O4/c1-27-13-9-5-3-7-11(13)23-17-15(21)20(26)18(16(22)19(17)25)24-12-8-4-6-10-14(12)28-2/h3-10,23-24H,1-2H3. The molecule has 0 bridgehead atoms. The lowest BCUT2D eigenvalue weighted by Crippen LogP contribution is -2.27. The number of Topliss-reactive ketones (excluding diaryl/α,β-unsaturated/α-hetero) is 2. The van der Waals surface area contributed by atoms with E-state index in [2.05, 4.69) is 42.5 Å². The molecule has 6 nitrogen and oxygen atoms in total. The molecule has 28 heavy (non-hydrogen) atoms. The molecule has 0 saturated heterocycles. The molecular formula is C20H16Br2N2O4. The molecule has 2 aromatic carbocycles. The second-order valence-corrected chi connectivity index (χ2v) is 7.27. The molecule has 2 N–H and O–H groups in total. The van der Waals surface area contributed by atoms with E-state index in [1.54, 1.807) is 36.4 Å². The molecule has 0 heterocycles. The van der Waals surface area contributed by atoms with E-state index in [4.69, 9.17) is 9.47 Å². The summed E-state index contributed by atoms with van der Waals surface area (Å²) in [5.41, 5.74) is 1.37. The predicted molar refractivity (Wildman–Crippen MR) is 115 cm³/mol. The number of benzene rings is 2. The van der Waals surface area contributed by atoms with Gasteiger partial charge in [-0.3, -0.25) is 9.59 Å². The Kier molecular flexibility index (Phi) is 6.21. The molecule has 144 valence electrons. The smallest absolute Gasteiger partial charge is 0.219 e. The fraction of sp³-hybridized carbons (Fsp3) is 0.100. The minimum atomic E-state index is -0.380. The first-order valence-corrected chi connectivity index (χ1v) is 9.75. The summed E-state index contributed by atoms with van der Waals surface area (Å²) in [7, 11) is 3.06. The van der Waals surface area contributed by atoms with Crippen molar-refractivity contribution in [2.24, 2.45) is 0 Å². The lowest BCUT2D eigenvalue weighted by molar-refractivity contribution is -0.115. The van der Waals surface area contributed by atoms with E-state index in [1.807, 2.05) is 12.1 Å². The molecule has 0 atom stereocenters. The van der Waals surface area contributed by atoms with Crippen LogP contribution >= 0.6 is 31.9 Å². The summed E-state index contributed by atoms with van der Waals surface area (Å²) in [4.78, 5) is 25.8. The molecule has 0 radical (unpaired) electrons. The number of carbonyl (C=O) groups is 2. The third-order valence-electron chi connectivity index (χ3n) is 4.03. The maximum atomic E-state index is 12.9. The van der Waals surface area contributed by atoms with E-state index in [0.717, 1.165) is 0 Å². The third-order valence-corrected chi connectivity index (χ3v) is 5.54. The van der Waals surface area contributed by atoms with Crippen LogP contribution in [0.2, 0.25) is 0 Å². The number of ether oxygens (including phenoxy) is 2. The van der Waals surface area contributed by atoms with Gasteiger partial charge in [-0.2, -0.15) is 0 Å². The molecule has 2 aromatic rings. The molecule has 0 fully saturated rings. The van der Waals surface area contributed by atoms with Crippen molar-refractivity contribution in [1.29, 1.82) is 0 Å². The van der Waals surface area contributed by atoms with E-state index >= 15 is 0 Å². The van der Waals surface area contributed by atoms with Gasteiger partial charge in [-0.1, -0.05) is 24.3 Å². The van der Waals surface area contributed by atoms with Crippen molar-refractivity contribution in [3.8, 4) is 11.5 Å². The van der Waals surface area contributed by atoms with Gasteiger partial charge < -0.3 is 20.1 Å². The van der Waals surface area contributed by atoms with Crippen LogP contribution < -0.4 is 20.1 Å². The van der Waals surface area contributed by atoms with Crippen molar-refractivity contribution in [3.63, 3.8) is 0 Å². The first kappa shape index (κ1) is 20.2.